The van der Waals surface area contributed by atoms with Crippen molar-refractivity contribution in [2.45, 2.75) is 52.1 Å². The van der Waals surface area contributed by atoms with Crippen LogP contribution in [0.4, 0.5) is 18.0 Å². The van der Waals surface area contributed by atoms with Gasteiger partial charge < -0.3 is 15.4 Å². The van der Waals surface area contributed by atoms with Gasteiger partial charge in [0.05, 0.1) is 11.1 Å². The Morgan fingerprint density at radius 1 is 0.825 bits per heavy atom. The smallest absolute Gasteiger partial charge is 0.417 e. The average molecular weight is 551 g/mol. The molecule has 0 saturated carbocycles. The standard InChI is InChI=1S/C30H29F3N4O3/c1-29(2,3)40-28(39)37-17-20-6-4-19(5-7-20)16-36-27(38)22-10-11-34-25(15-22)13-21-8-9-26-23(12-21)14-24(18-35-26)30(31,32)33/h4-12,14-15,18H,13,16-17H2,1-3H3,(H,36,38)(H,37,39). The molecule has 0 aliphatic heterocycles. The van der Waals surface area contributed by atoms with Gasteiger partial charge in [-0.2, -0.15) is 13.2 Å². The number of pyridine rings is 2. The molecule has 0 radical (unpaired) electrons. The van der Waals surface area contributed by atoms with Crippen LogP contribution in [0.5, 0.6) is 0 Å². The van der Waals surface area contributed by atoms with E-state index in [4.69, 9.17) is 4.74 Å². The van der Waals surface area contributed by atoms with E-state index in [9.17, 15) is 22.8 Å². The Hall–Kier alpha value is -4.47. The molecule has 7 nitrogen and oxygen atoms in total. The molecule has 2 aromatic carbocycles. The topological polar surface area (TPSA) is 93.2 Å². The summed E-state index contributed by atoms with van der Waals surface area (Å²) in [5, 5.41) is 5.96. The number of hydrogen-bond donors (Lipinski definition) is 2. The number of nitrogens with one attached hydrogen (secondary N) is 2. The molecular formula is C30H29F3N4O3. The quantitative estimate of drug-likeness (QED) is 0.286. The van der Waals surface area contributed by atoms with Crippen LogP contribution < -0.4 is 10.6 Å². The Morgan fingerprint density at radius 2 is 1.48 bits per heavy atom. The number of ether oxygens (including phenoxy) is 1. The predicted octanol–water partition coefficient (Wildman–Crippen LogP) is 6.19. The summed E-state index contributed by atoms with van der Waals surface area (Å²) >= 11 is 0. The lowest BCUT2D eigenvalue weighted by atomic mass is 10.0. The van der Waals surface area contributed by atoms with Gasteiger partial charge >= 0.3 is 12.3 Å². The highest BCUT2D eigenvalue weighted by Crippen LogP contribution is 2.30. The molecule has 40 heavy (non-hydrogen) atoms. The third kappa shape index (κ3) is 8.02. The molecule has 2 aromatic heterocycles. The van der Waals surface area contributed by atoms with E-state index in [2.05, 4.69) is 20.6 Å². The van der Waals surface area contributed by atoms with Crippen LogP contribution in [0.2, 0.25) is 0 Å². The molecule has 2 heterocycles. The minimum atomic E-state index is -4.47. The number of amides is 2. The second-order valence-corrected chi connectivity index (χ2v) is 10.3. The van der Waals surface area contributed by atoms with Gasteiger partial charge in [0.15, 0.2) is 0 Å². The highest BCUT2D eigenvalue weighted by molar-refractivity contribution is 5.94. The lowest BCUT2D eigenvalue weighted by Gasteiger charge is -2.19. The summed E-state index contributed by atoms with van der Waals surface area (Å²) in [5.41, 5.74) is 2.63. The van der Waals surface area contributed by atoms with Gasteiger partial charge in [-0.1, -0.05) is 30.3 Å². The summed E-state index contributed by atoms with van der Waals surface area (Å²) in [6.07, 6.45) is -2.27. The first kappa shape index (κ1) is 28.5. The van der Waals surface area contributed by atoms with Crippen LogP contribution in [0.3, 0.4) is 0 Å². The lowest BCUT2D eigenvalue weighted by molar-refractivity contribution is -0.137. The van der Waals surface area contributed by atoms with E-state index in [1.54, 1.807) is 51.1 Å². The summed E-state index contributed by atoms with van der Waals surface area (Å²) < 4.78 is 44.4. The Morgan fingerprint density at radius 3 is 2.12 bits per heavy atom. The van der Waals surface area contributed by atoms with Crippen LogP contribution in [-0.2, 0) is 30.4 Å². The summed E-state index contributed by atoms with van der Waals surface area (Å²) in [6, 6.07) is 16.9. The maximum atomic E-state index is 13.1. The van der Waals surface area contributed by atoms with Crippen molar-refractivity contribution >= 4 is 22.9 Å². The van der Waals surface area contributed by atoms with Crippen LogP contribution in [-0.4, -0.2) is 27.6 Å². The number of nitrogens with zero attached hydrogens (tertiary/aromatic N) is 2. The maximum Gasteiger partial charge on any atom is 0.417 e. The first-order chi connectivity index (χ1) is 18.9. The molecule has 2 N–H and O–H groups in total. The van der Waals surface area contributed by atoms with Gasteiger partial charge in [-0.3, -0.25) is 14.8 Å². The Labute approximate surface area is 229 Å². The lowest BCUT2D eigenvalue weighted by Crippen LogP contribution is -2.32. The summed E-state index contributed by atoms with van der Waals surface area (Å²) in [5.74, 6) is -0.281. The Bertz CT molecular complexity index is 1510. The number of hydrogen-bond acceptors (Lipinski definition) is 5. The highest BCUT2D eigenvalue weighted by Gasteiger charge is 2.31. The van der Waals surface area contributed by atoms with Crippen molar-refractivity contribution < 1.29 is 27.5 Å². The normalized spacial score (nSPS) is 11.8. The molecule has 0 aliphatic rings. The third-order valence-electron chi connectivity index (χ3n) is 5.85. The van der Waals surface area contributed by atoms with Crippen molar-refractivity contribution in [2.75, 3.05) is 0 Å². The van der Waals surface area contributed by atoms with E-state index in [0.29, 0.717) is 41.7 Å². The molecule has 0 saturated heterocycles. The second kappa shape index (κ2) is 11.7. The van der Waals surface area contributed by atoms with Gasteiger partial charge in [-0.05, 0) is 67.8 Å². The van der Waals surface area contributed by atoms with Crippen LogP contribution in [0.15, 0.2) is 73.1 Å². The predicted molar refractivity (Wildman–Crippen MR) is 144 cm³/mol. The number of benzene rings is 2. The SMILES string of the molecule is CC(C)(C)OC(=O)NCc1ccc(CNC(=O)c2ccnc(Cc3ccc4ncc(C(F)(F)F)cc4c3)c2)cc1. The number of fused-ring (bicyclic) bond motifs is 1. The monoisotopic (exact) mass is 550 g/mol. The molecule has 4 aromatic rings. The van der Waals surface area contributed by atoms with E-state index in [-0.39, 0.29) is 5.91 Å². The highest BCUT2D eigenvalue weighted by atomic mass is 19.4. The zero-order valence-electron chi connectivity index (χ0n) is 22.3. The summed E-state index contributed by atoms with van der Waals surface area (Å²) in [7, 11) is 0. The molecule has 0 unspecified atom stereocenters. The van der Waals surface area contributed by atoms with Gasteiger partial charge in [-0.25, -0.2) is 4.79 Å². The van der Waals surface area contributed by atoms with Crippen molar-refractivity contribution in [3.63, 3.8) is 0 Å². The number of carbonyl (C=O) groups is 2. The Kier molecular flexibility index (Phi) is 8.37. The average Bonchev–Trinajstić information content (AvgIpc) is 2.89. The van der Waals surface area contributed by atoms with E-state index < -0.39 is 23.4 Å². The van der Waals surface area contributed by atoms with E-state index >= 15 is 0 Å². The third-order valence-corrected chi connectivity index (χ3v) is 5.85. The molecule has 10 heteroatoms. The number of aromatic nitrogens is 2. The first-order valence-electron chi connectivity index (χ1n) is 12.6. The molecule has 0 spiro atoms. The largest absolute Gasteiger partial charge is 0.444 e. The Balaban J connectivity index is 1.34. The number of alkyl halides is 3. The fourth-order valence-electron chi connectivity index (χ4n) is 3.92. The number of carbonyl (C=O) groups excluding carboxylic acids is 2. The molecule has 4 rings (SSSR count). The molecule has 2 amide bonds. The molecule has 0 aliphatic carbocycles. The van der Waals surface area contributed by atoms with Gasteiger partial charge in [0.1, 0.15) is 5.60 Å². The summed E-state index contributed by atoms with van der Waals surface area (Å²) in [6.45, 7) is 6.01. The van der Waals surface area contributed by atoms with Crippen molar-refractivity contribution in [1.29, 1.82) is 0 Å². The minimum Gasteiger partial charge on any atom is -0.444 e. The zero-order valence-corrected chi connectivity index (χ0v) is 22.3. The summed E-state index contributed by atoms with van der Waals surface area (Å²) in [4.78, 5) is 32.8. The van der Waals surface area contributed by atoms with Gasteiger partial charge in [0.2, 0.25) is 0 Å². The van der Waals surface area contributed by atoms with Gasteiger partial charge in [0.25, 0.3) is 5.91 Å². The molecule has 0 bridgehead atoms. The van der Waals surface area contributed by atoms with Crippen LogP contribution in [0, 0.1) is 0 Å². The van der Waals surface area contributed by atoms with Crippen LogP contribution >= 0.6 is 0 Å². The van der Waals surface area contributed by atoms with Gasteiger partial charge in [-0.15, -0.1) is 0 Å². The second-order valence-electron chi connectivity index (χ2n) is 10.3. The van der Waals surface area contributed by atoms with Crippen LogP contribution in [0.1, 0.15) is 59.1 Å². The fraction of sp³-hybridized carbons (Fsp3) is 0.267. The maximum absolute atomic E-state index is 13.1. The van der Waals surface area contributed by atoms with Gasteiger partial charge in [0, 0.05) is 48.5 Å². The molecule has 0 fully saturated rings. The van der Waals surface area contributed by atoms with Crippen molar-refractivity contribution in [3.8, 4) is 0 Å². The van der Waals surface area contributed by atoms with Crippen molar-refractivity contribution in [1.82, 2.24) is 20.6 Å². The minimum absolute atomic E-state index is 0.281. The zero-order chi connectivity index (χ0) is 28.9. The number of alkyl carbamates (subject to hydrolysis) is 1. The molecule has 0 atom stereocenters. The van der Waals surface area contributed by atoms with Crippen molar-refractivity contribution in [3.05, 3.63) is 107 Å². The molecule has 208 valence electrons. The van der Waals surface area contributed by atoms with Crippen molar-refractivity contribution in [2.24, 2.45) is 0 Å². The first-order valence-corrected chi connectivity index (χ1v) is 12.6. The van der Waals surface area contributed by atoms with E-state index in [1.807, 2.05) is 24.3 Å². The van der Waals surface area contributed by atoms with E-state index in [0.717, 1.165) is 29.0 Å². The molecular weight excluding hydrogens is 521 g/mol. The fourth-order valence-corrected chi connectivity index (χ4v) is 3.92. The van der Waals surface area contributed by atoms with E-state index in [1.165, 1.54) is 6.20 Å². The number of halogens is 3. The number of rotatable bonds is 7. The van der Waals surface area contributed by atoms with Crippen LogP contribution in [0.25, 0.3) is 10.9 Å².